The molecule has 0 aliphatic rings. The number of rotatable bonds is 8. The zero-order valence-corrected chi connectivity index (χ0v) is 19.3. The van der Waals surface area contributed by atoms with Crippen LogP contribution < -0.4 is 15.6 Å². The van der Waals surface area contributed by atoms with Crippen LogP contribution >= 0.6 is 11.8 Å². The molecule has 0 fully saturated rings. The van der Waals surface area contributed by atoms with E-state index in [4.69, 9.17) is 9.72 Å². The molecule has 1 amide bonds. The Morgan fingerprint density at radius 1 is 1.03 bits per heavy atom. The van der Waals surface area contributed by atoms with Crippen LogP contribution in [0.15, 0.2) is 88.8 Å². The first-order valence-electron chi connectivity index (χ1n) is 10.6. The van der Waals surface area contributed by atoms with E-state index in [9.17, 15) is 9.59 Å². The van der Waals surface area contributed by atoms with Crippen molar-refractivity contribution in [2.75, 3.05) is 12.9 Å². The lowest BCUT2D eigenvalue weighted by Crippen LogP contribution is -2.29. The second-order valence-corrected chi connectivity index (χ2v) is 8.58. The molecule has 4 rings (SSSR count). The summed E-state index contributed by atoms with van der Waals surface area (Å²) in [6.07, 6.45) is 0. The number of methoxy groups -OCH3 is 1. The molecule has 1 N–H and O–H groups in total. The van der Waals surface area contributed by atoms with E-state index in [1.165, 1.54) is 11.8 Å². The molecule has 7 heteroatoms. The quantitative estimate of drug-likeness (QED) is 0.312. The highest BCUT2D eigenvalue weighted by molar-refractivity contribution is 7.99. The number of nitrogens with zero attached hydrogens (tertiary/aromatic N) is 2. The molecular formula is C26H25N3O3S. The Kier molecular flexibility index (Phi) is 7.10. The van der Waals surface area contributed by atoms with E-state index in [-0.39, 0.29) is 23.3 Å². The van der Waals surface area contributed by atoms with Gasteiger partial charge in [0.15, 0.2) is 5.16 Å². The SMILES string of the molecule is COc1ccc(Cn2c(SCC(=O)NC(C)c3ccccc3)nc3ccccc3c2=O)cc1. The van der Waals surface area contributed by atoms with Gasteiger partial charge in [0, 0.05) is 0 Å². The number of carbonyl (C=O) groups excluding carboxylic acids is 1. The van der Waals surface area contributed by atoms with Crippen LogP contribution in [0.1, 0.15) is 24.1 Å². The third kappa shape index (κ3) is 5.43. The molecule has 1 aromatic heterocycles. The number of hydrogen-bond donors (Lipinski definition) is 1. The van der Waals surface area contributed by atoms with Crippen LogP contribution in [-0.2, 0) is 11.3 Å². The Balaban J connectivity index is 1.56. The van der Waals surface area contributed by atoms with Crippen molar-refractivity contribution in [2.45, 2.75) is 24.7 Å². The smallest absolute Gasteiger partial charge is 0.262 e. The minimum Gasteiger partial charge on any atom is -0.497 e. The highest BCUT2D eigenvalue weighted by Crippen LogP contribution is 2.20. The average molecular weight is 460 g/mol. The van der Waals surface area contributed by atoms with Crippen molar-refractivity contribution in [1.29, 1.82) is 0 Å². The van der Waals surface area contributed by atoms with Crippen molar-refractivity contribution in [2.24, 2.45) is 0 Å². The third-order valence-electron chi connectivity index (χ3n) is 5.34. The molecule has 1 heterocycles. The molecule has 0 aliphatic carbocycles. The van der Waals surface area contributed by atoms with Gasteiger partial charge in [0.2, 0.25) is 5.91 Å². The van der Waals surface area contributed by atoms with Gasteiger partial charge in [-0.25, -0.2) is 4.98 Å². The number of amides is 1. The molecule has 1 atom stereocenters. The molecule has 168 valence electrons. The summed E-state index contributed by atoms with van der Waals surface area (Å²) in [7, 11) is 1.62. The number of carbonyl (C=O) groups is 1. The molecule has 6 nitrogen and oxygen atoms in total. The van der Waals surface area contributed by atoms with E-state index in [0.29, 0.717) is 22.6 Å². The number of hydrogen-bond acceptors (Lipinski definition) is 5. The van der Waals surface area contributed by atoms with Crippen molar-refractivity contribution < 1.29 is 9.53 Å². The molecule has 0 spiro atoms. The molecule has 4 aromatic rings. The largest absolute Gasteiger partial charge is 0.497 e. The van der Waals surface area contributed by atoms with Gasteiger partial charge in [-0.1, -0.05) is 66.4 Å². The van der Waals surface area contributed by atoms with Crippen molar-refractivity contribution in [3.05, 3.63) is 100 Å². The summed E-state index contributed by atoms with van der Waals surface area (Å²) in [5, 5.41) is 4.08. The lowest BCUT2D eigenvalue weighted by atomic mass is 10.1. The average Bonchev–Trinajstić information content (AvgIpc) is 2.85. The number of aromatic nitrogens is 2. The van der Waals surface area contributed by atoms with E-state index in [1.807, 2.05) is 79.7 Å². The third-order valence-corrected chi connectivity index (χ3v) is 6.31. The Hall–Kier alpha value is -3.58. The first-order valence-corrected chi connectivity index (χ1v) is 11.6. The molecule has 33 heavy (non-hydrogen) atoms. The summed E-state index contributed by atoms with van der Waals surface area (Å²) in [5.74, 6) is 0.793. The zero-order chi connectivity index (χ0) is 23.2. The molecule has 0 saturated carbocycles. The molecule has 0 aliphatic heterocycles. The number of thioether (sulfide) groups is 1. The Morgan fingerprint density at radius 2 is 1.73 bits per heavy atom. The lowest BCUT2D eigenvalue weighted by Gasteiger charge is -2.16. The van der Waals surface area contributed by atoms with E-state index >= 15 is 0 Å². The van der Waals surface area contributed by atoms with Crippen LogP contribution in [0.2, 0.25) is 0 Å². The van der Waals surface area contributed by atoms with Gasteiger partial charge in [-0.3, -0.25) is 14.2 Å². The van der Waals surface area contributed by atoms with Gasteiger partial charge in [0.25, 0.3) is 5.56 Å². The lowest BCUT2D eigenvalue weighted by molar-refractivity contribution is -0.119. The van der Waals surface area contributed by atoms with Gasteiger partial charge in [-0.05, 0) is 42.3 Å². The topological polar surface area (TPSA) is 73.2 Å². The van der Waals surface area contributed by atoms with Crippen molar-refractivity contribution in [3.63, 3.8) is 0 Å². The van der Waals surface area contributed by atoms with Crippen LogP contribution in [0.5, 0.6) is 5.75 Å². The number of ether oxygens (including phenoxy) is 1. The summed E-state index contributed by atoms with van der Waals surface area (Å²) in [6.45, 7) is 2.30. The molecule has 3 aromatic carbocycles. The summed E-state index contributed by atoms with van der Waals surface area (Å²) < 4.78 is 6.85. The Morgan fingerprint density at radius 3 is 2.45 bits per heavy atom. The summed E-state index contributed by atoms with van der Waals surface area (Å²) in [6, 6.07) is 24.5. The molecule has 0 radical (unpaired) electrons. The highest BCUT2D eigenvalue weighted by Gasteiger charge is 2.15. The van der Waals surface area contributed by atoms with Crippen LogP contribution in [0.3, 0.4) is 0 Å². The maximum Gasteiger partial charge on any atom is 0.262 e. The maximum atomic E-state index is 13.3. The van der Waals surface area contributed by atoms with Gasteiger partial charge in [-0.15, -0.1) is 0 Å². The van der Waals surface area contributed by atoms with Gasteiger partial charge in [-0.2, -0.15) is 0 Å². The minimum absolute atomic E-state index is 0.106. The number of nitrogens with one attached hydrogen (secondary N) is 1. The predicted molar refractivity (Wildman–Crippen MR) is 132 cm³/mol. The van der Waals surface area contributed by atoms with E-state index in [2.05, 4.69) is 5.32 Å². The van der Waals surface area contributed by atoms with Gasteiger partial charge >= 0.3 is 0 Å². The number of para-hydroxylation sites is 1. The van der Waals surface area contributed by atoms with Crippen molar-refractivity contribution >= 4 is 28.6 Å². The van der Waals surface area contributed by atoms with E-state index in [1.54, 1.807) is 17.7 Å². The monoisotopic (exact) mass is 459 g/mol. The predicted octanol–water partition coefficient (Wildman–Crippen LogP) is 4.42. The summed E-state index contributed by atoms with van der Waals surface area (Å²) >= 11 is 1.26. The van der Waals surface area contributed by atoms with Crippen LogP contribution in [0.4, 0.5) is 0 Å². The first-order chi connectivity index (χ1) is 16.0. The molecular weight excluding hydrogens is 434 g/mol. The van der Waals surface area contributed by atoms with Crippen LogP contribution in [-0.4, -0.2) is 28.3 Å². The van der Waals surface area contributed by atoms with Gasteiger partial charge in [0.1, 0.15) is 5.75 Å². The van der Waals surface area contributed by atoms with E-state index < -0.39 is 0 Å². The maximum absolute atomic E-state index is 13.3. The second kappa shape index (κ2) is 10.4. The Labute approximate surface area is 196 Å². The van der Waals surface area contributed by atoms with Gasteiger partial charge in [0.05, 0.1) is 36.4 Å². The summed E-state index contributed by atoms with van der Waals surface area (Å²) in [4.78, 5) is 30.6. The number of fused-ring (bicyclic) bond motifs is 1. The first kappa shape index (κ1) is 22.6. The normalized spacial score (nSPS) is 11.8. The van der Waals surface area contributed by atoms with Gasteiger partial charge < -0.3 is 10.1 Å². The fourth-order valence-electron chi connectivity index (χ4n) is 3.55. The minimum atomic E-state index is -0.128. The second-order valence-electron chi connectivity index (χ2n) is 7.64. The zero-order valence-electron chi connectivity index (χ0n) is 18.5. The Bertz CT molecular complexity index is 1300. The molecule has 0 saturated heterocycles. The van der Waals surface area contributed by atoms with Crippen LogP contribution in [0, 0.1) is 0 Å². The van der Waals surface area contributed by atoms with Crippen molar-refractivity contribution in [1.82, 2.24) is 14.9 Å². The van der Waals surface area contributed by atoms with Crippen LogP contribution in [0.25, 0.3) is 10.9 Å². The number of benzene rings is 3. The van der Waals surface area contributed by atoms with E-state index in [0.717, 1.165) is 16.9 Å². The summed E-state index contributed by atoms with van der Waals surface area (Å²) in [5.41, 5.74) is 2.47. The highest BCUT2D eigenvalue weighted by atomic mass is 32.2. The molecule has 0 bridgehead atoms. The van der Waals surface area contributed by atoms with Crippen molar-refractivity contribution in [3.8, 4) is 5.75 Å². The fourth-order valence-corrected chi connectivity index (χ4v) is 4.36. The fraction of sp³-hybridized carbons (Fsp3) is 0.192. The standard InChI is InChI=1S/C26H25N3O3S/c1-18(20-8-4-3-5-9-20)27-24(30)17-33-26-28-23-11-7-6-10-22(23)25(31)29(26)16-19-12-14-21(32-2)15-13-19/h3-15,18H,16-17H2,1-2H3,(H,27,30). The molecule has 1 unspecified atom stereocenters.